The van der Waals surface area contributed by atoms with Crippen LogP contribution in [0.4, 0.5) is 9.93 Å². The maximum atomic E-state index is 13.0. The van der Waals surface area contributed by atoms with Crippen LogP contribution in [0.2, 0.25) is 0 Å². The third-order valence-corrected chi connectivity index (χ3v) is 6.35. The zero-order valence-electron chi connectivity index (χ0n) is 16.9. The minimum absolute atomic E-state index is 0.0223. The van der Waals surface area contributed by atoms with Crippen LogP contribution in [0.3, 0.4) is 0 Å². The SMILES string of the molecule is Cc1nc(N2CCN(C(C)c3ccccc3)C2=O)sc1C(=O)NCc1ccccn1. The molecular formula is C22H23N5O2S. The van der Waals surface area contributed by atoms with Gasteiger partial charge in [-0.05, 0) is 31.5 Å². The molecule has 1 aliphatic rings. The number of pyridine rings is 1. The molecule has 0 saturated carbocycles. The molecule has 0 bridgehead atoms. The van der Waals surface area contributed by atoms with Crippen molar-refractivity contribution in [3.8, 4) is 0 Å². The molecule has 1 atom stereocenters. The molecule has 0 aliphatic carbocycles. The van der Waals surface area contributed by atoms with Gasteiger partial charge in [-0.15, -0.1) is 0 Å². The van der Waals surface area contributed by atoms with Crippen LogP contribution < -0.4 is 10.2 Å². The number of amides is 3. The first-order valence-corrected chi connectivity index (χ1v) is 10.6. The summed E-state index contributed by atoms with van der Waals surface area (Å²) >= 11 is 1.25. The lowest BCUT2D eigenvalue weighted by molar-refractivity contribution is 0.0953. The number of aryl methyl sites for hydroxylation is 1. The van der Waals surface area contributed by atoms with Crippen LogP contribution in [-0.4, -0.2) is 39.9 Å². The normalized spacial score (nSPS) is 14.8. The van der Waals surface area contributed by atoms with Crippen LogP contribution in [0, 0.1) is 6.92 Å². The lowest BCUT2D eigenvalue weighted by Gasteiger charge is -2.24. The lowest BCUT2D eigenvalue weighted by Crippen LogP contribution is -2.33. The highest BCUT2D eigenvalue weighted by Gasteiger charge is 2.35. The molecule has 3 heterocycles. The number of carbonyl (C=O) groups is 2. The Labute approximate surface area is 179 Å². The average Bonchev–Trinajstić information content (AvgIpc) is 3.35. The van der Waals surface area contributed by atoms with Crippen molar-refractivity contribution < 1.29 is 9.59 Å². The summed E-state index contributed by atoms with van der Waals surface area (Å²) in [5.74, 6) is -0.206. The van der Waals surface area contributed by atoms with Crippen molar-refractivity contribution in [2.24, 2.45) is 0 Å². The summed E-state index contributed by atoms with van der Waals surface area (Å²) in [4.78, 5) is 38.4. The predicted octanol–water partition coefficient (Wildman–Crippen LogP) is 3.78. The van der Waals surface area contributed by atoms with E-state index >= 15 is 0 Å². The number of benzene rings is 1. The minimum Gasteiger partial charge on any atom is -0.346 e. The Bertz CT molecular complexity index is 1040. The predicted molar refractivity (Wildman–Crippen MR) is 117 cm³/mol. The highest BCUT2D eigenvalue weighted by atomic mass is 32.1. The Kier molecular flexibility index (Phi) is 5.76. The summed E-state index contributed by atoms with van der Waals surface area (Å²) < 4.78 is 0. The standard InChI is InChI=1S/C22H23N5O2S/c1-15-19(20(28)24-14-18-10-6-7-11-23-18)30-21(25-15)27-13-12-26(22(27)29)16(2)17-8-4-3-5-9-17/h3-11,16H,12-14H2,1-2H3,(H,24,28). The van der Waals surface area contributed by atoms with E-state index in [2.05, 4.69) is 15.3 Å². The fourth-order valence-electron chi connectivity index (χ4n) is 3.46. The molecule has 3 aromatic rings. The van der Waals surface area contributed by atoms with Crippen molar-refractivity contribution in [1.82, 2.24) is 20.2 Å². The van der Waals surface area contributed by atoms with Crippen LogP contribution in [0.25, 0.3) is 0 Å². The summed E-state index contributed by atoms with van der Waals surface area (Å²) in [5.41, 5.74) is 2.50. The molecule has 2 aromatic heterocycles. The number of nitrogens with zero attached hydrogens (tertiary/aromatic N) is 4. The first-order valence-electron chi connectivity index (χ1n) is 9.83. The Balaban J connectivity index is 1.45. The Morgan fingerprint density at radius 3 is 2.67 bits per heavy atom. The molecule has 3 amide bonds. The van der Waals surface area contributed by atoms with Gasteiger partial charge in [0, 0.05) is 19.3 Å². The molecule has 1 saturated heterocycles. The van der Waals surface area contributed by atoms with Crippen LogP contribution >= 0.6 is 11.3 Å². The smallest absolute Gasteiger partial charge is 0.326 e. The van der Waals surface area contributed by atoms with Crippen LogP contribution in [-0.2, 0) is 6.54 Å². The van der Waals surface area contributed by atoms with E-state index in [1.165, 1.54) is 11.3 Å². The van der Waals surface area contributed by atoms with Gasteiger partial charge in [0.1, 0.15) is 4.88 Å². The molecule has 154 valence electrons. The van der Waals surface area contributed by atoms with Crippen molar-refractivity contribution in [3.05, 3.63) is 76.6 Å². The van der Waals surface area contributed by atoms with Gasteiger partial charge in [-0.2, -0.15) is 0 Å². The largest absolute Gasteiger partial charge is 0.346 e. The van der Waals surface area contributed by atoms with Gasteiger partial charge >= 0.3 is 6.03 Å². The summed E-state index contributed by atoms with van der Waals surface area (Å²) in [7, 11) is 0. The van der Waals surface area contributed by atoms with E-state index in [1.807, 2.05) is 60.4 Å². The number of urea groups is 1. The third-order valence-electron chi connectivity index (χ3n) is 5.17. The van der Waals surface area contributed by atoms with E-state index in [4.69, 9.17) is 0 Å². The molecule has 1 fully saturated rings. The van der Waals surface area contributed by atoms with Gasteiger partial charge in [0.2, 0.25) is 0 Å². The zero-order valence-corrected chi connectivity index (χ0v) is 17.7. The second kappa shape index (κ2) is 8.62. The molecule has 0 radical (unpaired) electrons. The number of carbonyl (C=O) groups excluding carboxylic acids is 2. The summed E-state index contributed by atoms with van der Waals surface area (Å²) in [6.07, 6.45) is 1.69. The van der Waals surface area contributed by atoms with Crippen molar-refractivity contribution in [2.45, 2.75) is 26.4 Å². The monoisotopic (exact) mass is 421 g/mol. The quantitative estimate of drug-likeness (QED) is 0.657. The van der Waals surface area contributed by atoms with E-state index in [0.29, 0.717) is 35.3 Å². The van der Waals surface area contributed by atoms with E-state index in [0.717, 1.165) is 11.3 Å². The van der Waals surface area contributed by atoms with Crippen molar-refractivity contribution >= 4 is 28.4 Å². The number of rotatable bonds is 6. The Hall–Kier alpha value is -3.26. The van der Waals surface area contributed by atoms with Crippen molar-refractivity contribution in [1.29, 1.82) is 0 Å². The van der Waals surface area contributed by atoms with Crippen LogP contribution in [0.15, 0.2) is 54.7 Å². The maximum absolute atomic E-state index is 13.0. The third kappa shape index (κ3) is 4.04. The number of hydrogen-bond donors (Lipinski definition) is 1. The van der Waals surface area contributed by atoms with E-state index in [1.54, 1.807) is 18.0 Å². The molecule has 30 heavy (non-hydrogen) atoms. The van der Waals surface area contributed by atoms with Gasteiger partial charge < -0.3 is 10.2 Å². The van der Waals surface area contributed by atoms with Gasteiger partial charge in [0.25, 0.3) is 5.91 Å². The summed E-state index contributed by atoms with van der Waals surface area (Å²) in [6, 6.07) is 15.4. The molecular weight excluding hydrogens is 398 g/mol. The second-order valence-electron chi connectivity index (χ2n) is 7.13. The lowest BCUT2D eigenvalue weighted by atomic mass is 10.1. The van der Waals surface area contributed by atoms with E-state index in [9.17, 15) is 9.59 Å². The molecule has 4 rings (SSSR count). The average molecular weight is 422 g/mol. The van der Waals surface area contributed by atoms with Gasteiger partial charge in [-0.3, -0.25) is 14.7 Å². The number of anilines is 1. The molecule has 1 aromatic carbocycles. The number of nitrogens with one attached hydrogen (secondary N) is 1. The highest BCUT2D eigenvalue weighted by Crippen LogP contribution is 2.32. The fraction of sp³-hybridized carbons (Fsp3) is 0.273. The fourth-order valence-corrected chi connectivity index (χ4v) is 4.47. The first kappa shape index (κ1) is 20.0. The van der Waals surface area contributed by atoms with E-state index < -0.39 is 0 Å². The van der Waals surface area contributed by atoms with Crippen LogP contribution in [0.1, 0.15) is 39.6 Å². The topological polar surface area (TPSA) is 78.4 Å². The van der Waals surface area contributed by atoms with E-state index in [-0.39, 0.29) is 18.0 Å². The molecule has 1 unspecified atom stereocenters. The first-order chi connectivity index (χ1) is 14.5. The molecule has 0 spiro atoms. The molecule has 7 nitrogen and oxygen atoms in total. The molecule has 1 aliphatic heterocycles. The maximum Gasteiger partial charge on any atom is 0.326 e. The molecule has 1 N–H and O–H groups in total. The van der Waals surface area contributed by atoms with Crippen molar-refractivity contribution in [2.75, 3.05) is 18.0 Å². The van der Waals surface area contributed by atoms with Crippen LogP contribution in [0.5, 0.6) is 0 Å². The number of aromatic nitrogens is 2. The van der Waals surface area contributed by atoms with Gasteiger partial charge in [-0.1, -0.05) is 47.7 Å². The van der Waals surface area contributed by atoms with Gasteiger partial charge in [0.15, 0.2) is 5.13 Å². The Morgan fingerprint density at radius 1 is 1.17 bits per heavy atom. The molecule has 8 heteroatoms. The zero-order chi connectivity index (χ0) is 21.1. The number of hydrogen-bond acceptors (Lipinski definition) is 5. The summed E-state index contributed by atoms with van der Waals surface area (Å²) in [6.45, 7) is 5.34. The minimum atomic E-state index is -0.206. The van der Waals surface area contributed by atoms with Gasteiger partial charge in [-0.25, -0.2) is 9.78 Å². The second-order valence-corrected chi connectivity index (χ2v) is 8.11. The van der Waals surface area contributed by atoms with Crippen molar-refractivity contribution in [3.63, 3.8) is 0 Å². The highest BCUT2D eigenvalue weighted by molar-refractivity contribution is 7.17. The van der Waals surface area contributed by atoms with Gasteiger partial charge in [0.05, 0.1) is 24.0 Å². The summed E-state index contributed by atoms with van der Waals surface area (Å²) in [5, 5.41) is 3.43. The number of thiazole rings is 1. The Morgan fingerprint density at radius 2 is 1.93 bits per heavy atom.